The van der Waals surface area contributed by atoms with E-state index in [0.717, 1.165) is 11.1 Å². The fraction of sp³-hybridized carbons (Fsp3) is 0.529. The molecule has 0 spiro atoms. The Morgan fingerprint density at radius 2 is 1.43 bits per heavy atom. The van der Waals surface area contributed by atoms with Crippen LogP contribution >= 0.6 is 0 Å². The molecule has 0 unspecified atom stereocenters. The monoisotopic (exact) mass is 608 g/mol. The molecule has 1 aliphatic heterocycles. The number of carbonyl (C=O) groups is 2. The first kappa shape index (κ1) is 35.0. The van der Waals surface area contributed by atoms with Crippen molar-refractivity contribution in [1.29, 1.82) is 0 Å². The minimum absolute atomic E-state index is 0. The van der Waals surface area contributed by atoms with E-state index >= 15 is 0 Å². The van der Waals surface area contributed by atoms with E-state index in [-0.39, 0.29) is 56.9 Å². The molecule has 2 aromatic carbocycles. The molecule has 1 amide bonds. The highest BCUT2D eigenvalue weighted by molar-refractivity contribution is 6.01. The Hall–Kier alpha value is -3.44. The number of hydrogen-bond acceptors (Lipinski definition) is 8. The van der Waals surface area contributed by atoms with Crippen LogP contribution in [0.3, 0.4) is 0 Å². The molecule has 1 aliphatic rings. The number of aromatic nitrogens is 3. The molecule has 0 radical (unpaired) electrons. The van der Waals surface area contributed by atoms with Crippen molar-refractivity contribution in [2.45, 2.75) is 106 Å². The summed E-state index contributed by atoms with van der Waals surface area (Å²) < 4.78 is 1.49. The molecule has 4 atom stereocenters. The standard InChI is InChI=1S/C33H44N4O6.CH4/c1-32(2,3)17-24(38)30(42)31(43)25(39)19-37-29-21-12-8-7-11-20(21)18-36(27(41)16-15-26(40)33(4,5)6)23-14-10-9-13-22(23)28(29)34-35-37;/h7-14,24-25,30-31,38-39,42-43H,15-19H2,1-6H3;1H4/t24-,25+,30+,31-;/m1./s1. The van der Waals surface area contributed by atoms with Gasteiger partial charge in [-0.05, 0) is 23.5 Å². The molecule has 4 rings (SSSR count). The average Bonchev–Trinajstić information content (AvgIpc) is 3.33. The van der Waals surface area contributed by atoms with Crippen LogP contribution < -0.4 is 4.90 Å². The highest BCUT2D eigenvalue weighted by Gasteiger charge is 2.35. The molecule has 0 bridgehead atoms. The lowest BCUT2D eigenvalue weighted by atomic mass is 9.86. The zero-order chi connectivity index (χ0) is 31.7. The van der Waals surface area contributed by atoms with Gasteiger partial charge in [0.25, 0.3) is 0 Å². The highest BCUT2D eigenvalue weighted by Crippen LogP contribution is 2.41. The van der Waals surface area contributed by atoms with Crippen molar-refractivity contribution in [3.05, 3.63) is 54.1 Å². The van der Waals surface area contributed by atoms with E-state index < -0.39 is 29.8 Å². The lowest BCUT2D eigenvalue weighted by Crippen LogP contribution is -2.47. The largest absolute Gasteiger partial charge is 0.390 e. The first-order chi connectivity index (χ1) is 20.1. The van der Waals surface area contributed by atoms with Gasteiger partial charge in [0.05, 0.1) is 30.6 Å². The smallest absolute Gasteiger partial charge is 0.227 e. The van der Waals surface area contributed by atoms with Crippen LogP contribution in [0.25, 0.3) is 22.5 Å². The Labute approximate surface area is 260 Å². The van der Waals surface area contributed by atoms with Crippen LogP contribution in [0.1, 0.15) is 73.8 Å². The summed E-state index contributed by atoms with van der Waals surface area (Å²) in [6, 6.07) is 14.9. The number of para-hydroxylation sites is 1. The normalized spacial score (nSPS) is 15.8. The van der Waals surface area contributed by atoms with Gasteiger partial charge in [-0.15, -0.1) is 5.10 Å². The maximum atomic E-state index is 13.6. The van der Waals surface area contributed by atoms with E-state index in [2.05, 4.69) is 10.3 Å². The molecular weight excluding hydrogens is 560 g/mol. The van der Waals surface area contributed by atoms with Crippen molar-refractivity contribution in [3.8, 4) is 22.5 Å². The summed E-state index contributed by atoms with van der Waals surface area (Å²) in [6.45, 7) is 11.3. The number of aliphatic hydroxyl groups excluding tert-OH is 4. The van der Waals surface area contributed by atoms with Crippen molar-refractivity contribution < 1.29 is 30.0 Å². The summed E-state index contributed by atoms with van der Waals surface area (Å²) in [5.41, 5.74) is 3.09. The Morgan fingerprint density at radius 3 is 2.07 bits per heavy atom. The van der Waals surface area contributed by atoms with Gasteiger partial charge in [0, 0.05) is 29.4 Å². The van der Waals surface area contributed by atoms with Gasteiger partial charge in [0.15, 0.2) is 0 Å². The van der Waals surface area contributed by atoms with Gasteiger partial charge in [0.2, 0.25) is 5.91 Å². The minimum Gasteiger partial charge on any atom is -0.390 e. The predicted molar refractivity (Wildman–Crippen MR) is 171 cm³/mol. The van der Waals surface area contributed by atoms with Crippen molar-refractivity contribution in [1.82, 2.24) is 15.0 Å². The fourth-order valence-electron chi connectivity index (χ4n) is 5.38. The van der Waals surface area contributed by atoms with Crippen LogP contribution in [0, 0.1) is 10.8 Å². The second-order valence-corrected chi connectivity index (χ2v) is 13.7. The number of anilines is 1. The summed E-state index contributed by atoms with van der Waals surface area (Å²) in [5, 5.41) is 51.6. The third kappa shape index (κ3) is 7.79. The van der Waals surface area contributed by atoms with Crippen LogP contribution in [-0.4, -0.2) is 71.5 Å². The van der Waals surface area contributed by atoms with Crippen LogP contribution in [0.15, 0.2) is 48.5 Å². The number of amides is 1. The molecule has 4 N–H and O–H groups in total. The maximum absolute atomic E-state index is 13.6. The lowest BCUT2D eigenvalue weighted by Gasteiger charge is -2.31. The summed E-state index contributed by atoms with van der Waals surface area (Å²) in [6.07, 6.45) is -5.42. The molecule has 10 nitrogen and oxygen atoms in total. The highest BCUT2D eigenvalue weighted by atomic mass is 16.4. The van der Waals surface area contributed by atoms with Crippen LogP contribution in [0.5, 0.6) is 0 Å². The number of rotatable bonds is 9. The number of benzene rings is 2. The topological polar surface area (TPSA) is 149 Å². The summed E-state index contributed by atoms with van der Waals surface area (Å²) in [4.78, 5) is 27.9. The summed E-state index contributed by atoms with van der Waals surface area (Å²) in [7, 11) is 0. The van der Waals surface area contributed by atoms with Gasteiger partial charge in [-0.1, -0.05) is 96.6 Å². The first-order valence-corrected chi connectivity index (χ1v) is 14.8. The number of ketones is 1. The van der Waals surface area contributed by atoms with Gasteiger partial charge < -0.3 is 25.3 Å². The van der Waals surface area contributed by atoms with E-state index in [4.69, 9.17) is 0 Å². The van der Waals surface area contributed by atoms with Gasteiger partial charge in [-0.3, -0.25) is 9.59 Å². The van der Waals surface area contributed by atoms with E-state index in [1.807, 2.05) is 90.1 Å². The maximum Gasteiger partial charge on any atom is 0.227 e. The molecule has 2 heterocycles. The molecule has 10 heteroatoms. The number of Topliss-reactive ketones (excluding diaryl/α,β-unsaturated/α-hetero) is 1. The second kappa shape index (κ2) is 13.7. The van der Waals surface area contributed by atoms with Crippen LogP contribution in [0.4, 0.5) is 5.69 Å². The molecule has 0 aliphatic carbocycles. The Balaban J connectivity index is 0.00000529. The van der Waals surface area contributed by atoms with Gasteiger partial charge >= 0.3 is 0 Å². The molecule has 0 saturated carbocycles. The van der Waals surface area contributed by atoms with Gasteiger partial charge in [-0.25, -0.2) is 4.68 Å². The third-order valence-electron chi connectivity index (χ3n) is 7.81. The van der Waals surface area contributed by atoms with Gasteiger partial charge in [-0.2, -0.15) is 0 Å². The quantitative estimate of drug-likeness (QED) is 0.280. The Morgan fingerprint density at radius 1 is 0.841 bits per heavy atom. The van der Waals surface area contributed by atoms with E-state index in [9.17, 15) is 30.0 Å². The zero-order valence-electron chi connectivity index (χ0n) is 25.9. The van der Waals surface area contributed by atoms with Crippen LogP contribution in [-0.2, 0) is 22.7 Å². The fourth-order valence-corrected chi connectivity index (χ4v) is 5.38. The number of aliphatic hydroxyl groups is 4. The predicted octanol–water partition coefficient (Wildman–Crippen LogP) is 4.37. The SMILES string of the molecule is C.CC(C)(C)C[C@@H](O)[C@H](O)[C@H](O)[C@@H](O)Cn1nnc2c1-c1ccccc1CN(C(=O)CCC(=O)C(C)(C)C)c1ccccc1-2. The second-order valence-electron chi connectivity index (χ2n) is 13.7. The summed E-state index contributed by atoms with van der Waals surface area (Å²) in [5.74, 6) is -0.166. The molecule has 1 aromatic heterocycles. The number of hydrogen-bond donors (Lipinski definition) is 4. The minimum atomic E-state index is -1.63. The Bertz CT molecular complexity index is 1450. The average molecular weight is 609 g/mol. The number of carbonyl (C=O) groups excluding carboxylic acids is 2. The third-order valence-corrected chi connectivity index (χ3v) is 7.81. The van der Waals surface area contributed by atoms with Crippen molar-refractivity contribution in [2.24, 2.45) is 10.8 Å². The van der Waals surface area contributed by atoms with Crippen molar-refractivity contribution in [2.75, 3.05) is 4.90 Å². The molecule has 3 aromatic rings. The Kier molecular flexibility index (Phi) is 10.9. The lowest BCUT2D eigenvalue weighted by molar-refractivity contribution is -0.129. The number of nitrogens with zero attached hydrogens (tertiary/aromatic N) is 4. The van der Waals surface area contributed by atoms with Gasteiger partial charge in [0.1, 0.15) is 29.8 Å². The van der Waals surface area contributed by atoms with E-state index in [1.165, 1.54) is 4.68 Å². The summed E-state index contributed by atoms with van der Waals surface area (Å²) >= 11 is 0. The van der Waals surface area contributed by atoms with E-state index in [0.29, 0.717) is 22.6 Å². The molecule has 44 heavy (non-hydrogen) atoms. The zero-order valence-corrected chi connectivity index (χ0v) is 25.9. The first-order valence-electron chi connectivity index (χ1n) is 14.8. The molecular formula is C34H48N4O6. The van der Waals surface area contributed by atoms with Crippen LogP contribution in [0.2, 0.25) is 0 Å². The van der Waals surface area contributed by atoms with Crippen molar-refractivity contribution in [3.63, 3.8) is 0 Å². The van der Waals surface area contributed by atoms with Crippen molar-refractivity contribution >= 4 is 17.4 Å². The molecule has 240 valence electrons. The molecule has 0 saturated heterocycles. The number of fused-ring (bicyclic) bond motifs is 5. The van der Waals surface area contributed by atoms with E-state index in [1.54, 1.807) is 4.90 Å². The molecule has 0 fully saturated rings.